The van der Waals surface area contributed by atoms with Crippen LogP contribution in [0, 0.1) is 0 Å². The SMILES string of the molecule is CC(c1ccccc1)(c1ccccc1)S(=O)CCC1COc2c(OCC(=O)O)cccc21. The zero-order valence-corrected chi connectivity index (χ0v) is 18.7. The molecule has 1 aliphatic heterocycles. The molecule has 2 unspecified atom stereocenters. The lowest BCUT2D eigenvalue weighted by molar-refractivity contribution is -0.139. The van der Waals surface area contributed by atoms with Crippen molar-refractivity contribution >= 4 is 16.8 Å². The Bertz CT molecular complexity index is 1060. The summed E-state index contributed by atoms with van der Waals surface area (Å²) in [6, 6.07) is 25.5. The molecule has 1 heterocycles. The minimum atomic E-state index is -1.18. The molecule has 2 atom stereocenters. The van der Waals surface area contributed by atoms with Crippen LogP contribution in [0.1, 0.15) is 36.0 Å². The first kappa shape index (κ1) is 22.1. The van der Waals surface area contributed by atoms with Gasteiger partial charge in [0, 0.05) is 28.0 Å². The average molecular weight is 451 g/mol. The predicted molar refractivity (Wildman–Crippen MR) is 125 cm³/mol. The molecule has 4 rings (SSSR count). The largest absolute Gasteiger partial charge is 0.489 e. The van der Waals surface area contributed by atoms with E-state index in [-0.39, 0.29) is 5.92 Å². The smallest absolute Gasteiger partial charge is 0.341 e. The molecule has 0 fully saturated rings. The van der Waals surface area contributed by atoms with Gasteiger partial charge in [0.2, 0.25) is 0 Å². The Morgan fingerprint density at radius 1 is 1.03 bits per heavy atom. The summed E-state index contributed by atoms with van der Waals surface area (Å²) in [5, 5.41) is 8.89. The molecule has 6 heteroatoms. The molecular weight excluding hydrogens is 424 g/mol. The summed E-state index contributed by atoms with van der Waals surface area (Å²) in [4.78, 5) is 10.8. The van der Waals surface area contributed by atoms with Crippen molar-refractivity contribution in [2.24, 2.45) is 0 Å². The lowest BCUT2D eigenvalue weighted by atomic mass is 9.92. The summed E-state index contributed by atoms with van der Waals surface area (Å²) >= 11 is 0. The van der Waals surface area contributed by atoms with Gasteiger partial charge in [-0.15, -0.1) is 0 Å². The van der Waals surface area contributed by atoms with Crippen molar-refractivity contribution in [1.82, 2.24) is 0 Å². The first-order valence-electron chi connectivity index (χ1n) is 10.6. The average Bonchev–Trinajstić information content (AvgIpc) is 3.25. The Labute approximate surface area is 190 Å². The minimum absolute atomic E-state index is 0.0816. The number of aliphatic carboxylic acids is 1. The van der Waals surface area contributed by atoms with Gasteiger partial charge in [0.25, 0.3) is 0 Å². The maximum Gasteiger partial charge on any atom is 0.341 e. The van der Waals surface area contributed by atoms with E-state index in [4.69, 9.17) is 14.6 Å². The van der Waals surface area contributed by atoms with Crippen molar-refractivity contribution in [2.75, 3.05) is 19.0 Å². The Hall–Kier alpha value is -3.12. The summed E-state index contributed by atoms with van der Waals surface area (Å²) in [5.74, 6) is 0.589. The van der Waals surface area contributed by atoms with Gasteiger partial charge in [-0.05, 0) is 30.5 Å². The van der Waals surface area contributed by atoms with E-state index in [2.05, 4.69) is 0 Å². The molecule has 1 aliphatic rings. The first-order chi connectivity index (χ1) is 15.5. The van der Waals surface area contributed by atoms with Crippen molar-refractivity contribution in [3.63, 3.8) is 0 Å². The third-order valence-corrected chi connectivity index (χ3v) is 7.97. The maximum absolute atomic E-state index is 13.8. The van der Waals surface area contributed by atoms with E-state index in [1.54, 1.807) is 6.07 Å². The number of para-hydroxylation sites is 1. The van der Waals surface area contributed by atoms with Gasteiger partial charge in [-0.3, -0.25) is 4.21 Å². The van der Waals surface area contributed by atoms with Gasteiger partial charge in [-0.25, -0.2) is 4.79 Å². The highest BCUT2D eigenvalue weighted by Crippen LogP contribution is 2.43. The predicted octanol–water partition coefficient (Wildman–Crippen LogP) is 4.73. The second-order valence-corrected chi connectivity index (χ2v) is 9.88. The quantitative estimate of drug-likeness (QED) is 0.510. The van der Waals surface area contributed by atoms with Gasteiger partial charge >= 0.3 is 5.97 Å². The molecule has 5 nitrogen and oxygen atoms in total. The summed E-state index contributed by atoms with van der Waals surface area (Å²) in [6.07, 6.45) is 0.692. The molecule has 3 aromatic rings. The van der Waals surface area contributed by atoms with Crippen molar-refractivity contribution < 1.29 is 23.6 Å². The molecule has 0 spiro atoms. The van der Waals surface area contributed by atoms with Crippen LogP contribution in [0.5, 0.6) is 11.5 Å². The summed E-state index contributed by atoms with van der Waals surface area (Å²) in [7, 11) is -1.18. The van der Waals surface area contributed by atoms with E-state index in [1.807, 2.05) is 79.7 Å². The number of ether oxygens (including phenoxy) is 2. The van der Waals surface area contributed by atoms with Crippen LogP contribution in [-0.2, 0) is 20.3 Å². The molecule has 1 N–H and O–H groups in total. The molecule has 0 aromatic heterocycles. The zero-order valence-electron chi connectivity index (χ0n) is 17.9. The van der Waals surface area contributed by atoms with Crippen LogP contribution in [0.4, 0.5) is 0 Å². The number of benzene rings is 3. The van der Waals surface area contributed by atoms with E-state index >= 15 is 0 Å². The Morgan fingerprint density at radius 2 is 1.66 bits per heavy atom. The summed E-state index contributed by atoms with van der Waals surface area (Å²) in [5.41, 5.74) is 3.03. The van der Waals surface area contributed by atoms with E-state index in [1.165, 1.54) is 0 Å². The van der Waals surface area contributed by atoms with Crippen LogP contribution in [0.3, 0.4) is 0 Å². The number of hydrogen-bond acceptors (Lipinski definition) is 4. The van der Waals surface area contributed by atoms with E-state index in [0.29, 0.717) is 30.3 Å². The molecule has 32 heavy (non-hydrogen) atoms. The second-order valence-electron chi connectivity index (χ2n) is 7.97. The number of carboxylic acids is 1. The number of carbonyl (C=O) groups is 1. The van der Waals surface area contributed by atoms with Crippen molar-refractivity contribution in [3.05, 3.63) is 95.6 Å². The molecule has 0 radical (unpaired) electrons. The number of carboxylic acid groups (broad SMARTS) is 1. The fourth-order valence-corrected chi connectivity index (χ4v) is 5.87. The van der Waals surface area contributed by atoms with E-state index in [9.17, 15) is 9.00 Å². The van der Waals surface area contributed by atoms with Crippen LogP contribution in [0.15, 0.2) is 78.9 Å². The van der Waals surface area contributed by atoms with Crippen LogP contribution in [0.2, 0.25) is 0 Å². The number of rotatable bonds is 9. The van der Waals surface area contributed by atoms with Crippen molar-refractivity contribution in [2.45, 2.75) is 24.0 Å². The molecule has 0 aliphatic carbocycles. The van der Waals surface area contributed by atoms with Crippen LogP contribution in [-0.4, -0.2) is 34.3 Å². The standard InChI is InChI=1S/C26H26O5S/c1-26(20-9-4-2-5-10-20,21-11-6-3-7-12-21)32(29)16-15-19-17-31-25-22(19)13-8-14-23(25)30-18-24(27)28/h2-14,19H,15-18H2,1H3,(H,27,28). The number of fused-ring (bicyclic) bond motifs is 1. The van der Waals surface area contributed by atoms with E-state index < -0.39 is 28.1 Å². The minimum Gasteiger partial charge on any atom is -0.489 e. The Balaban J connectivity index is 1.54. The highest BCUT2D eigenvalue weighted by atomic mass is 32.2. The zero-order chi connectivity index (χ0) is 22.6. The van der Waals surface area contributed by atoms with Gasteiger partial charge in [0.15, 0.2) is 18.1 Å². The normalized spacial score (nSPS) is 16.1. The highest BCUT2D eigenvalue weighted by Gasteiger charge is 2.36. The fraction of sp³-hybridized carbons (Fsp3) is 0.269. The highest BCUT2D eigenvalue weighted by molar-refractivity contribution is 7.86. The summed E-state index contributed by atoms with van der Waals surface area (Å²) in [6.45, 7) is 2.10. The Kier molecular flexibility index (Phi) is 6.61. The van der Waals surface area contributed by atoms with Gasteiger partial charge < -0.3 is 14.6 Å². The van der Waals surface area contributed by atoms with Crippen LogP contribution < -0.4 is 9.47 Å². The lowest BCUT2D eigenvalue weighted by Gasteiger charge is -2.30. The van der Waals surface area contributed by atoms with Gasteiger partial charge in [-0.2, -0.15) is 0 Å². The fourth-order valence-electron chi connectivity index (χ4n) is 4.17. The molecule has 3 aromatic carbocycles. The molecule has 0 bridgehead atoms. The topological polar surface area (TPSA) is 72.8 Å². The third kappa shape index (κ3) is 4.41. The van der Waals surface area contributed by atoms with Crippen molar-refractivity contribution in [1.29, 1.82) is 0 Å². The van der Waals surface area contributed by atoms with Crippen molar-refractivity contribution in [3.8, 4) is 11.5 Å². The lowest BCUT2D eigenvalue weighted by Crippen LogP contribution is -2.31. The van der Waals surface area contributed by atoms with Gasteiger partial charge in [0.05, 0.1) is 11.4 Å². The van der Waals surface area contributed by atoms with Gasteiger partial charge in [-0.1, -0.05) is 72.8 Å². The first-order valence-corrected chi connectivity index (χ1v) is 11.9. The van der Waals surface area contributed by atoms with Gasteiger partial charge in [0.1, 0.15) is 0 Å². The molecule has 166 valence electrons. The van der Waals surface area contributed by atoms with Crippen LogP contribution >= 0.6 is 0 Å². The van der Waals surface area contributed by atoms with Crippen LogP contribution in [0.25, 0.3) is 0 Å². The Morgan fingerprint density at radius 3 is 2.25 bits per heavy atom. The summed E-state index contributed by atoms with van der Waals surface area (Å²) < 4.78 is 24.3. The molecule has 0 saturated carbocycles. The molecule has 0 saturated heterocycles. The monoisotopic (exact) mass is 450 g/mol. The third-order valence-electron chi connectivity index (χ3n) is 5.99. The molecular formula is C26H26O5S. The number of hydrogen-bond donors (Lipinski definition) is 1. The van der Waals surface area contributed by atoms with E-state index in [0.717, 1.165) is 16.7 Å². The maximum atomic E-state index is 13.8. The second kappa shape index (κ2) is 9.57. The molecule has 0 amide bonds.